The van der Waals surface area contributed by atoms with Crippen LogP contribution in [0.1, 0.15) is 22.8 Å². The lowest BCUT2D eigenvalue weighted by Gasteiger charge is -2.04. The van der Waals surface area contributed by atoms with Crippen LogP contribution in [-0.2, 0) is 6.42 Å². The summed E-state index contributed by atoms with van der Waals surface area (Å²) >= 11 is 0. The van der Waals surface area contributed by atoms with Gasteiger partial charge in [0.1, 0.15) is 11.5 Å². The van der Waals surface area contributed by atoms with Gasteiger partial charge in [-0.3, -0.25) is 4.79 Å². The highest BCUT2D eigenvalue weighted by Gasteiger charge is 2.06. The molecule has 0 radical (unpaired) electrons. The normalized spacial score (nSPS) is 9.75. The van der Waals surface area contributed by atoms with Gasteiger partial charge in [0, 0.05) is 0 Å². The first-order valence-corrected chi connectivity index (χ1v) is 3.69. The zero-order valence-electron chi connectivity index (χ0n) is 6.74. The molecule has 1 aromatic rings. The lowest BCUT2D eigenvalue weighted by Crippen LogP contribution is -1.87. The molecule has 0 unspecified atom stereocenters. The fraction of sp³-hybridized carbons (Fsp3) is 0.222. The number of benzene rings is 1. The van der Waals surface area contributed by atoms with Crippen LogP contribution in [0.25, 0.3) is 0 Å². The lowest BCUT2D eigenvalue weighted by molar-refractivity contribution is 0.112. The molecule has 0 bridgehead atoms. The highest BCUT2D eigenvalue weighted by molar-refractivity contribution is 5.80. The van der Waals surface area contributed by atoms with Gasteiger partial charge in [-0.25, -0.2) is 0 Å². The first-order chi connectivity index (χ1) is 5.69. The zero-order valence-corrected chi connectivity index (χ0v) is 6.74. The molecule has 0 amide bonds. The monoisotopic (exact) mass is 166 g/mol. The van der Waals surface area contributed by atoms with Crippen LogP contribution in [0.4, 0.5) is 0 Å². The number of carbonyl (C=O) groups excluding carboxylic acids is 1. The first kappa shape index (κ1) is 8.59. The Hall–Kier alpha value is -1.51. The molecule has 1 rings (SSSR count). The van der Waals surface area contributed by atoms with Gasteiger partial charge in [-0.15, -0.1) is 0 Å². The second kappa shape index (κ2) is 3.26. The molecule has 3 nitrogen and oxygen atoms in total. The van der Waals surface area contributed by atoms with Crippen LogP contribution in [0.3, 0.4) is 0 Å². The van der Waals surface area contributed by atoms with Crippen LogP contribution < -0.4 is 0 Å². The number of carbonyl (C=O) groups is 1. The van der Waals surface area contributed by atoms with Crippen molar-refractivity contribution in [3.05, 3.63) is 23.3 Å². The van der Waals surface area contributed by atoms with Gasteiger partial charge >= 0.3 is 0 Å². The van der Waals surface area contributed by atoms with Gasteiger partial charge in [0.05, 0.1) is 5.56 Å². The summed E-state index contributed by atoms with van der Waals surface area (Å²) in [6.45, 7) is 1.84. The first-order valence-electron chi connectivity index (χ1n) is 3.69. The summed E-state index contributed by atoms with van der Waals surface area (Å²) in [6.07, 6.45) is 1.11. The third-order valence-electron chi connectivity index (χ3n) is 1.71. The minimum atomic E-state index is -0.0368. The van der Waals surface area contributed by atoms with Crippen LogP contribution in [0.15, 0.2) is 12.1 Å². The number of hydrogen-bond donors (Lipinski definition) is 2. The van der Waals surface area contributed by atoms with Gasteiger partial charge in [0.2, 0.25) is 0 Å². The molecule has 64 valence electrons. The summed E-state index contributed by atoms with van der Waals surface area (Å²) in [6, 6.07) is 2.68. The topological polar surface area (TPSA) is 57.5 Å². The Morgan fingerprint density at radius 2 is 2.08 bits per heavy atom. The van der Waals surface area contributed by atoms with E-state index < -0.39 is 0 Å². The molecule has 0 saturated heterocycles. The van der Waals surface area contributed by atoms with Crippen molar-refractivity contribution in [2.45, 2.75) is 13.3 Å². The average Bonchev–Trinajstić information content (AvgIpc) is 2.08. The Balaban J connectivity index is 3.31. The van der Waals surface area contributed by atoms with E-state index >= 15 is 0 Å². The molecule has 0 spiro atoms. The Labute approximate surface area is 70.3 Å². The number of phenolic OH excluding ortho intramolecular Hbond substituents is 2. The van der Waals surface area contributed by atoms with E-state index in [0.29, 0.717) is 18.3 Å². The predicted octanol–water partition coefficient (Wildman–Crippen LogP) is 1.47. The number of aromatic hydroxyl groups is 2. The SMILES string of the molecule is CCc1cc(O)cc(C=O)c1O. The molecular weight excluding hydrogens is 156 g/mol. The molecule has 0 saturated carbocycles. The van der Waals surface area contributed by atoms with Crippen LogP contribution in [0.5, 0.6) is 11.5 Å². The van der Waals surface area contributed by atoms with Crippen LogP contribution in [-0.4, -0.2) is 16.5 Å². The second-order valence-electron chi connectivity index (χ2n) is 2.51. The maximum Gasteiger partial charge on any atom is 0.153 e. The second-order valence-corrected chi connectivity index (χ2v) is 2.51. The number of aldehydes is 1. The number of phenols is 2. The van der Waals surface area contributed by atoms with Crippen molar-refractivity contribution >= 4 is 6.29 Å². The van der Waals surface area contributed by atoms with E-state index in [1.54, 1.807) is 0 Å². The van der Waals surface area contributed by atoms with Crippen molar-refractivity contribution in [3.8, 4) is 11.5 Å². The van der Waals surface area contributed by atoms with Crippen molar-refractivity contribution in [1.29, 1.82) is 0 Å². The summed E-state index contributed by atoms with van der Waals surface area (Å²) in [5.74, 6) is -0.0305. The van der Waals surface area contributed by atoms with E-state index in [-0.39, 0.29) is 17.1 Å². The van der Waals surface area contributed by atoms with Gasteiger partial charge in [-0.1, -0.05) is 6.92 Å². The van der Waals surface area contributed by atoms with Crippen LogP contribution in [0, 0.1) is 0 Å². The van der Waals surface area contributed by atoms with Crippen molar-refractivity contribution in [2.75, 3.05) is 0 Å². The molecule has 0 atom stereocenters. The molecule has 0 aliphatic rings. The summed E-state index contributed by atoms with van der Waals surface area (Å²) in [5.41, 5.74) is 0.712. The molecule has 0 aliphatic carbocycles. The Kier molecular flexibility index (Phi) is 2.33. The summed E-state index contributed by atoms with van der Waals surface area (Å²) in [5, 5.41) is 18.5. The van der Waals surface area contributed by atoms with Gasteiger partial charge in [-0.2, -0.15) is 0 Å². The van der Waals surface area contributed by atoms with Crippen molar-refractivity contribution in [3.63, 3.8) is 0 Å². The minimum absolute atomic E-state index is 0.00625. The van der Waals surface area contributed by atoms with E-state index in [1.807, 2.05) is 6.92 Å². The Morgan fingerprint density at radius 1 is 1.42 bits per heavy atom. The van der Waals surface area contributed by atoms with E-state index in [0.717, 1.165) is 0 Å². The largest absolute Gasteiger partial charge is 0.508 e. The Morgan fingerprint density at radius 3 is 2.58 bits per heavy atom. The molecule has 0 aromatic heterocycles. The van der Waals surface area contributed by atoms with Crippen molar-refractivity contribution < 1.29 is 15.0 Å². The molecular formula is C9H10O3. The van der Waals surface area contributed by atoms with Crippen LogP contribution in [0.2, 0.25) is 0 Å². The summed E-state index contributed by atoms with van der Waals surface area (Å²) in [7, 11) is 0. The van der Waals surface area contributed by atoms with Gasteiger partial charge < -0.3 is 10.2 Å². The van der Waals surface area contributed by atoms with E-state index in [9.17, 15) is 9.90 Å². The van der Waals surface area contributed by atoms with Gasteiger partial charge in [0.15, 0.2) is 6.29 Å². The van der Waals surface area contributed by atoms with E-state index in [4.69, 9.17) is 5.11 Å². The predicted molar refractivity (Wildman–Crippen MR) is 44.5 cm³/mol. The number of rotatable bonds is 2. The summed E-state index contributed by atoms with van der Waals surface area (Å²) in [4.78, 5) is 10.4. The van der Waals surface area contributed by atoms with E-state index in [1.165, 1.54) is 12.1 Å². The van der Waals surface area contributed by atoms with Crippen molar-refractivity contribution in [1.82, 2.24) is 0 Å². The third-order valence-corrected chi connectivity index (χ3v) is 1.71. The molecule has 1 aromatic carbocycles. The lowest BCUT2D eigenvalue weighted by atomic mass is 10.1. The Bertz CT molecular complexity index is 305. The smallest absolute Gasteiger partial charge is 0.153 e. The fourth-order valence-electron chi connectivity index (χ4n) is 1.06. The van der Waals surface area contributed by atoms with Crippen molar-refractivity contribution in [2.24, 2.45) is 0 Å². The standard InChI is InChI=1S/C9H10O3/c1-2-6-3-8(11)4-7(5-10)9(6)12/h3-5,11-12H,2H2,1H3. The summed E-state index contributed by atoms with van der Waals surface area (Å²) < 4.78 is 0. The van der Waals surface area contributed by atoms with Crippen LogP contribution >= 0.6 is 0 Å². The molecule has 0 aliphatic heterocycles. The third kappa shape index (κ3) is 1.39. The average molecular weight is 166 g/mol. The maximum absolute atomic E-state index is 10.4. The van der Waals surface area contributed by atoms with E-state index in [2.05, 4.69) is 0 Å². The number of aryl methyl sites for hydroxylation is 1. The highest BCUT2D eigenvalue weighted by Crippen LogP contribution is 2.26. The van der Waals surface area contributed by atoms with Gasteiger partial charge in [-0.05, 0) is 24.1 Å². The fourth-order valence-corrected chi connectivity index (χ4v) is 1.06. The van der Waals surface area contributed by atoms with Gasteiger partial charge in [0.25, 0.3) is 0 Å². The zero-order chi connectivity index (χ0) is 9.14. The minimum Gasteiger partial charge on any atom is -0.508 e. The maximum atomic E-state index is 10.4. The highest BCUT2D eigenvalue weighted by atomic mass is 16.3. The molecule has 2 N–H and O–H groups in total. The molecule has 0 heterocycles. The molecule has 0 fully saturated rings. The molecule has 3 heteroatoms. The molecule has 12 heavy (non-hydrogen) atoms. The number of hydrogen-bond acceptors (Lipinski definition) is 3. The quantitative estimate of drug-likeness (QED) is 0.516.